The minimum Gasteiger partial charge on any atom is -0.336 e. The van der Waals surface area contributed by atoms with Crippen molar-refractivity contribution in [3.63, 3.8) is 0 Å². The lowest BCUT2D eigenvalue weighted by Gasteiger charge is -2.35. The summed E-state index contributed by atoms with van der Waals surface area (Å²) in [5, 5.41) is 0. The van der Waals surface area contributed by atoms with Crippen molar-refractivity contribution >= 4 is 5.91 Å². The van der Waals surface area contributed by atoms with Gasteiger partial charge < -0.3 is 10.6 Å². The maximum absolute atomic E-state index is 12.3. The molecule has 2 heterocycles. The number of likely N-dealkylation sites (tertiary alicyclic amines) is 1. The van der Waals surface area contributed by atoms with E-state index in [0.717, 1.165) is 25.8 Å². The van der Waals surface area contributed by atoms with Gasteiger partial charge in [-0.3, -0.25) is 9.78 Å². The van der Waals surface area contributed by atoms with E-state index in [1.54, 1.807) is 18.5 Å². The number of piperidine rings is 1. The van der Waals surface area contributed by atoms with E-state index in [0.29, 0.717) is 18.2 Å². The molecule has 0 aromatic carbocycles. The molecule has 0 radical (unpaired) electrons. The van der Waals surface area contributed by atoms with Gasteiger partial charge in [-0.15, -0.1) is 0 Å². The number of amides is 1. The van der Waals surface area contributed by atoms with Crippen LogP contribution in [0.3, 0.4) is 0 Å². The van der Waals surface area contributed by atoms with Gasteiger partial charge in [0.1, 0.15) is 0 Å². The van der Waals surface area contributed by atoms with Crippen LogP contribution in [0.5, 0.6) is 0 Å². The zero-order valence-corrected chi connectivity index (χ0v) is 10.0. The smallest absolute Gasteiger partial charge is 0.255 e. The number of nitrogens with two attached hydrogens (primary N) is 1. The topological polar surface area (TPSA) is 59.2 Å². The van der Waals surface area contributed by atoms with Crippen LogP contribution in [0, 0.1) is 0 Å². The Morgan fingerprint density at radius 3 is 3.12 bits per heavy atom. The zero-order valence-electron chi connectivity index (χ0n) is 10.0. The minimum atomic E-state index is 0.0938. The SMILES string of the molecule is NCCC1CCCCN1C(=O)c1cccnc1. The Morgan fingerprint density at radius 1 is 1.53 bits per heavy atom. The van der Waals surface area contributed by atoms with Crippen LogP contribution >= 0.6 is 0 Å². The highest BCUT2D eigenvalue weighted by atomic mass is 16.2. The van der Waals surface area contributed by atoms with Crippen molar-refractivity contribution in [3.8, 4) is 0 Å². The molecule has 1 saturated heterocycles. The molecule has 4 nitrogen and oxygen atoms in total. The minimum absolute atomic E-state index is 0.0938. The lowest BCUT2D eigenvalue weighted by molar-refractivity contribution is 0.0604. The Hall–Kier alpha value is -1.42. The van der Waals surface area contributed by atoms with Gasteiger partial charge >= 0.3 is 0 Å². The number of rotatable bonds is 3. The van der Waals surface area contributed by atoms with Gasteiger partial charge in [0, 0.05) is 25.0 Å². The first kappa shape index (κ1) is 12.0. The fourth-order valence-electron chi connectivity index (χ4n) is 2.42. The van der Waals surface area contributed by atoms with Crippen molar-refractivity contribution in [1.82, 2.24) is 9.88 Å². The fourth-order valence-corrected chi connectivity index (χ4v) is 2.42. The third-order valence-electron chi connectivity index (χ3n) is 3.30. The Kier molecular flexibility index (Phi) is 4.09. The number of aromatic nitrogens is 1. The summed E-state index contributed by atoms with van der Waals surface area (Å²) in [4.78, 5) is 18.3. The van der Waals surface area contributed by atoms with Gasteiger partial charge in [0.2, 0.25) is 0 Å². The number of hydrogen-bond acceptors (Lipinski definition) is 3. The van der Waals surface area contributed by atoms with Crippen LogP contribution in [0.25, 0.3) is 0 Å². The average molecular weight is 233 g/mol. The molecule has 1 aliphatic heterocycles. The molecule has 1 amide bonds. The third kappa shape index (κ3) is 2.82. The van der Waals surface area contributed by atoms with Gasteiger partial charge in [0.05, 0.1) is 5.56 Å². The molecule has 2 N–H and O–H groups in total. The van der Waals surface area contributed by atoms with Crippen LogP contribution in [-0.4, -0.2) is 34.9 Å². The van der Waals surface area contributed by atoms with Crippen LogP contribution in [-0.2, 0) is 0 Å². The van der Waals surface area contributed by atoms with Crippen LogP contribution in [0.4, 0.5) is 0 Å². The highest BCUT2D eigenvalue weighted by Crippen LogP contribution is 2.21. The highest BCUT2D eigenvalue weighted by Gasteiger charge is 2.26. The molecular weight excluding hydrogens is 214 g/mol. The second-order valence-corrected chi connectivity index (χ2v) is 4.47. The molecule has 4 heteroatoms. The molecule has 0 aliphatic carbocycles. The third-order valence-corrected chi connectivity index (χ3v) is 3.30. The van der Waals surface area contributed by atoms with E-state index in [-0.39, 0.29) is 5.91 Å². The molecule has 1 aromatic heterocycles. The van der Waals surface area contributed by atoms with Crippen LogP contribution < -0.4 is 5.73 Å². The molecule has 2 rings (SSSR count). The van der Waals surface area contributed by atoms with Gasteiger partial charge in [-0.25, -0.2) is 0 Å². The lowest BCUT2D eigenvalue weighted by Crippen LogP contribution is -2.44. The standard InChI is InChI=1S/C13H19N3O/c14-7-6-12-5-1-2-9-16(12)13(17)11-4-3-8-15-10-11/h3-4,8,10,12H,1-2,5-7,9,14H2. The van der Waals surface area contributed by atoms with Crippen molar-refractivity contribution in [1.29, 1.82) is 0 Å². The molecule has 0 spiro atoms. The quantitative estimate of drug-likeness (QED) is 0.859. The molecule has 0 saturated carbocycles. The first-order chi connectivity index (χ1) is 8.33. The normalized spacial score (nSPS) is 20.3. The molecule has 92 valence electrons. The lowest BCUT2D eigenvalue weighted by atomic mass is 9.98. The molecule has 1 aliphatic rings. The fraction of sp³-hybridized carbons (Fsp3) is 0.538. The molecule has 1 fully saturated rings. The number of pyridine rings is 1. The maximum atomic E-state index is 12.3. The summed E-state index contributed by atoms with van der Waals surface area (Å²) in [5.74, 6) is 0.0938. The zero-order chi connectivity index (χ0) is 12.1. The Balaban J connectivity index is 2.11. The van der Waals surface area contributed by atoms with Crippen molar-refractivity contribution in [2.75, 3.05) is 13.1 Å². The van der Waals surface area contributed by atoms with Crippen molar-refractivity contribution in [2.45, 2.75) is 31.7 Å². The van der Waals surface area contributed by atoms with E-state index in [2.05, 4.69) is 4.98 Å². The van der Waals surface area contributed by atoms with E-state index in [1.165, 1.54) is 6.42 Å². The number of carbonyl (C=O) groups is 1. The molecule has 1 aromatic rings. The van der Waals surface area contributed by atoms with E-state index in [9.17, 15) is 4.79 Å². The van der Waals surface area contributed by atoms with Crippen molar-refractivity contribution < 1.29 is 4.79 Å². The van der Waals surface area contributed by atoms with Gasteiger partial charge in [-0.05, 0) is 44.4 Å². The summed E-state index contributed by atoms with van der Waals surface area (Å²) in [6, 6.07) is 3.93. The average Bonchev–Trinajstić information content (AvgIpc) is 2.40. The second-order valence-electron chi connectivity index (χ2n) is 4.47. The second kappa shape index (κ2) is 5.77. The molecule has 1 unspecified atom stereocenters. The Morgan fingerprint density at radius 2 is 2.41 bits per heavy atom. The molecule has 0 bridgehead atoms. The molecular formula is C13H19N3O. The van der Waals surface area contributed by atoms with E-state index >= 15 is 0 Å². The summed E-state index contributed by atoms with van der Waals surface area (Å²) in [7, 11) is 0. The van der Waals surface area contributed by atoms with Gasteiger partial charge in [-0.1, -0.05) is 0 Å². The van der Waals surface area contributed by atoms with E-state index < -0.39 is 0 Å². The van der Waals surface area contributed by atoms with Gasteiger partial charge in [-0.2, -0.15) is 0 Å². The van der Waals surface area contributed by atoms with Crippen LogP contribution in [0.2, 0.25) is 0 Å². The first-order valence-corrected chi connectivity index (χ1v) is 6.24. The Bertz CT molecular complexity index is 364. The van der Waals surface area contributed by atoms with Crippen molar-refractivity contribution in [3.05, 3.63) is 30.1 Å². The number of nitrogens with zero attached hydrogens (tertiary/aromatic N) is 2. The number of hydrogen-bond donors (Lipinski definition) is 1. The summed E-state index contributed by atoms with van der Waals surface area (Å²) in [6.45, 7) is 1.49. The highest BCUT2D eigenvalue weighted by molar-refractivity contribution is 5.94. The van der Waals surface area contributed by atoms with Gasteiger partial charge in [0.15, 0.2) is 0 Å². The predicted molar refractivity (Wildman–Crippen MR) is 66.6 cm³/mol. The number of carbonyl (C=O) groups excluding carboxylic acids is 1. The largest absolute Gasteiger partial charge is 0.336 e. The maximum Gasteiger partial charge on any atom is 0.255 e. The van der Waals surface area contributed by atoms with Crippen LogP contribution in [0.15, 0.2) is 24.5 Å². The Labute approximate surface area is 102 Å². The summed E-state index contributed by atoms with van der Waals surface area (Å²) in [5.41, 5.74) is 6.29. The predicted octanol–water partition coefficient (Wildman–Crippen LogP) is 1.43. The first-order valence-electron chi connectivity index (χ1n) is 6.24. The van der Waals surface area contributed by atoms with E-state index in [1.807, 2.05) is 11.0 Å². The molecule has 1 atom stereocenters. The van der Waals surface area contributed by atoms with E-state index in [4.69, 9.17) is 5.73 Å². The van der Waals surface area contributed by atoms with Crippen molar-refractivity contribution in [2.24, 2.45) is 5.73 Å². The summed E-state index contributed by atoms with van der Waals surface area (Å²) < 4.78 is 0. The monoisotopic (exact) mass is 233 g/mol. The summed E-state index contributed by atoms with van der Waals surface area (Å²) >= 11 is 0. The summed E-state index contributed by atoms with van der Waals surface area (Å²) in [6.07, 6.45) is 7.57. The van der Waals surface area contributed by atoms with Crippen LogP contribution in [0.1, 0.15) is 36.0 Å². The van der Waals surface area contributed by atoms with Gasteiger partial charge in [0.25, 0.3) is 5.91 Å². The molecule has 17 heavy (non-hydrogen) atoms.